The molecule has 142 valence electrons. The van der Waals surface area contributed by atoms with E-state index in [0.29, 0.717) is 13.0 Å². The molecule has 0 aliphatic carbocycles. The second kappa shape index (κ2) is 6.31. The van der Waals surface area contributed by atoms with Gasteiger partial charge < -0.3 is 14.7 Å². The summed E-state index contributed by atoms with van der Waals surface area (Å²) in [6, 6.07) is 19.5. The van der Waals surface area contributed by atoms with E-state index in [1.165, 1.54) is 0 Å². The Morgan fingerprint density at radius 3 is 2.32 bits per heavy atom. The number of ether oxygens (including phenoxy) is 1. The average Bonchev–Trinajstić information content (AvgIpc) is 3.35. The topological polar surface area (TPSA) is 66.8 Å². The number of aliphatic carboxylic acids is 1. The van der Waals surface area contributed by atoms with Crippen LogP contribution in [-0.2, 0) is 27.3 Å². The van der Waals surface area contributed by atoms with Crippen LogP contribution < -0.4 is 0 Å². The fraction of sp³-hybridized carbons (Fsp3) is 0.304. The third kappa shape index (κ3) is 2.43. The van der Waals surface area contributed by atoms with Gasteiger partial charge in [0.05, 0.1) is 12.0 Å². The van der Waals surface area contributed by atoms with Crippen molar-refractivity contribution in [3.8, 4) is 0 Å². The number of hydrogen-bond acceptors (Lipinski definition) is 3. The van der Waals surface area contributed by atoms with Crippen molar-refractivity contribution in [3.63, 3.8) is 0 Å². The molecule has 2 aromatic rings. The number of carboxylic acid groups (broad SMARTS) is 1. The third-order valence-corrected chi connectivity index (χ3v) is 6.28. The number of carbonyl (C=O) groups excluding carboxylic acids is 1. The first-order chi connectivity index (χ1) is 13.6. The number of likely N-dealkylation sites (tertiary alicyclic amines) is 1. The van der Waals surface area contributed by atoms with Crippen molar-refractivity contribution >= 4 is 11.9 Å². The summed E-state index contributed by atoms with van der Waals surface area (Å²) in [6.45, 7) is 0.448. The molecule has 2 saturated heterocycles. The second-order valence-electron chi connectivity index (χ2n) is 7.80. The van der Waals surface area contributed by atoms with Gasteiger partial charge in [-0.3, -0.25) is 9.59 Å². The number of rotatable bonds is 5. The second-order valence-corrected chi connectivity index (χ2v) is 7.80. The van der Waals surface area contributed by atoms with E-state index in [9.17, 15) is 14.7 Å². The SMILES string of the molecule is O=C(O)[C@@H]1[C@H]2[C@H](Cc3ccccc3)N(Cc3ccccc3)C(=O)[C@]23C=C[C@H]1O3. The number of fused-ring (bicyclic) bond motifs is 1. The van der Waals surface area contributed by atoms with Crippen LogP contribution >= 0.6 is 0 Å². The van der Waals surface area contributed by atoms with Gasteiger partial charge in [-0.25, -0.2) is 0 Å². The third-order valence-electron chi connectivity index (χ3n) is 6.28. The number of hydrogen-bond donors (Lipinski definition) is 1. The fourth-order valence-electron chi connectivity index (χ4n) is 5.11. The Morgan fingerprint density at radius 1 is 1.04 bits per heavy atom. The molecule has 5 atom stereocenters. The van der Waals surface area contributed by atoms with E-state index in [1.54, 1.807) is 12.2 Å². The summed E-state index contributed by atoms with van der Waals surface area (Å²) in [5, 5.41) is 9.88. The van der Waals surface area contributed by atoms with Crippen molar-refractivity contribution < 1.29 is 19.4 Å². The van der Waals surface area contributed by atoms with E-state index >= 15 is 0 Å². The van der Waals surface area contributed by atoms with E-state index in [1.807, 2.05) is 65.6 Å². The quantitative estimate of drug-likeness (QED) is 0.816. The number of carbonyl (C=O) groups is 2. The summed E-state index contributed by atoms with van der Waals surface area (Å²) in [4.78, 5) is 27.4. The molecule has 2 fully saturated rings. The molecular formula is C23H21NO4. The molecule has 0 aromatic heterocycles. The maximum atomic E-state index is 13.5. The van der Waals surface area contributed by atoms with Gasteiger partial charge >= 0.3 is 5.97 Å². The lowest BCUT2D eigenvalue weighted by atomic mass is 9.73. The highest BCUT2D eigenvalue weighted by Crippen LogP contribution is 2.55. The smallest absolute Gasteiger partial charge is 0.309 e. The maximum absolute atomic E-state index is 13.5. The van der Waals surface area contributed by atoms with Crippen LogP contribution in [-0.4, -0.2) is 39.6 Å². The monoisotopic (exact) mass is 375 g/mol. The zero-order valence-corrected chi connectivity index (χ0v) is 15.3. The summed E-state index contributed by atoms with van der Waals surface area (Å²) >= 11 is 0. The van der Waals surface area contributed by atoms with Crippen LogP contribution in [0.2, 0.25) is 0 Å². The van der Waals surface area contributed by atoms with Crippen molar-refractivity contribution in [2.75, 3.05) is 0 Å². The summed E-state index contributed by atoms with van der Waals surface area (Å²) in [5.74, 6) is -2.11. The Bertz CT molecular complexity index is 942. The first-order valence-corrected chi connectivity index (χ1v) is 9.59. The van der Waals surface area contributed by atoms with E-state index in [0.717, 1.165) is 11.1 Å². The Labute approximate surface area is 163 Å². The molecule has 3 heterocycles. The normalized spacial score (nSPS) is 32.7. The molecule has 3 aliphatic heterocycles. The fourth-order valence-corrected chi connectivity index (χ4v) is 5.11. The van der Waals surface area contributed by atoms with Gasteiger partial charge in [0.15, 0.2) is 5.60 Å². The highest BCUT2D eigenvalue weighted by molar-refractivity contribution is 5.94. The van der Waals surface area contributed by atoms with Gasteiger partial charge in [0.2, 0.25) is 0 Å². The van der Waals surface area contributed by atoms with Gasteiger partial charge in [0, 0.05) is 18.5 Å². The van der Waals surface area contributed by atoms with Crippen molar-refractivity contribution in [3.05, 3.63) is 83.9 Å². The largest absolute Gasteiger partial charge is 0.481 e. The van der Waals surface area contributed by atoms with Crippen LogP contribution in [0.4, 0.5) is 0 Å². The average molecular weight is 375 g/mol. The van der Waals surface area contributed by atoms with Gasteiger partial charge in [0.25, 0.3) is 5.91 Å². The van der Waals surface area contributed by atoms with Gasteiger partial charge in [0.1, 0.15) is 0 Å². The predicted octanol–water partition coefficient (Wildman–Crippen LogP) is 2.66. The molecule has 5 heteroatoms. The van der Waals surface area contributed by atoms with Crippen molar-refractivity contribution in [2.45, 2.75) is 30.7 Å². The highest BCUT2D eigenvalue weighted by atomic mass is 16.5. The Kier molecular flexibility index (Phi) is 3.88. The summed E-state index contributed by atoms with van der Waals surface area (Å²) < 4.78 is 6.02. The number of nitrogens with zero attached hydrogens (tertiary/aromatic N) is 1. The minimum atomic E-state index is -1.14. The lowest BCUT2D eigenvalue weighted by Crippen LogP contribution is -2.42. The first-order valence-electron chi connectivity index (χ1n) is 9.59. The Hall–Kier alpha value is -2.92. The molecule has 5 nitrogen and oxygen atoms in total. The van der Waals surface area contributed by atoms with Crippen molar-refractivity contribution in [2.24, 2.45) is 11.8 Å². The van der Waals surface area contributed by atoms with Gasteiger partial charge in [-0.15, -0.1) is 0 Å². The zero-order valence-electron chi connectivity index (χ0n) is 15.3. The number of amides is 1. The van der Waals surface area contributed by atoms with Gasteiger partial charge in [-0.1, -0.05) is 66.7 Å². The molecule has 0 saturated carbocycles. The van der Waals surface area contributed by atoms with Crippen LogP contribution in [0.1, 0.15) is 11.1 Å². The van der Waals surface area contributed by atoms with Crippen LogP contribution in [0.3, 0.4) is 0 Å². The molecule has 2 bridgehead atoms. The minimum Gasteiger partial charge on any atom is -0.481 e. The van der Waals surface area contributed by atoms with Crippen LogP contribution in [0.15, 0.2) is 72.8 Å². The molecule has 2 aromatic carbocycles. The Balaban J connectivity index is 1.56. The molecule has 1 amide bonds. The summed E-state index contributed by atoms with van der Waals surface area (Å²) in [7, 11) is 0. The minimum absolute atomic E-state index is 0.121. The summed E-state index contributed by atoms with van der Waals surface area (Å²) in [5.41, 5.74) is 0.976. The number of benzene rings is 2. The van der Waals surface area contributed by atoms with Crippen LogP contribution in [0.5, 0.6) is 0 Å². The molecule has 1 spiro atoms. The molecular weight excluding hydrogens is 354 g/mol. The molecule has 1 N–H and O–H groups in total. The van der Waals surface area contributed by atoms with Crippen molar-refractivity contribution in [1.82, 2.24) is 4.90 Å². The maximum Gasteiger partial charge on any atom is 0.309 e. The van der Waals surface area contributed by atoms with E-state index < -0.39 is 29.5 Å². The van der Waals surface area contributed by atoms with Crippen LogP contribution in [0.25, 0.3) is 0 Å². The van der Waals surface area contributed by atoms with E-state index in [-0.39, 0.29) is 11.9 Å². The molecule has 28 heavy (non-hydrogen) atoms. The molecule has 0 radical (unpaired) electrons. The first kappa shape index (κ1) is 17.2. The molecule has 0 unspecified atom stereocenters. The molecule has 3 aliphatic rings. The standard InChI is InChI=1S/C23H21NO4/c25-21(26)19-18-11-12-23(28-18)20(19)17(13-15-7-3-1-4-8-15)24(22(23)27)14-16-9-5-2-6-10-16/h1-12,17-20H,13-14H2,(H,25,26)/t17-,18+,19-,20+,23-/m0/s1. The lowest BCUT2D eigenvalue weighted by Gasteiger charge is -2.31. The predicted molar refractivity (Wildman–Crippen MR) is 102 cm³/mol. The van der Waals surface area contributed by atoms with Crippen molar-refractivity contribution in [1.29, 1.82) is 0 Å². The van der Waals surface area contributed by atoms with Crippen LogP contribution in [0, 0.1) is 11.8 Å². The summed E-state index contributed by atoms with van der Waals surface area (Å²) in [6.07, 6.45) is 3.63. The zero-order chi connectivity index (χ0) is 19.3. The lowest BCUT2D eigenvalue weighted by molar-refractivity contribution is -0.147. The highest BCUT2D eigenvalue weighted by Gasteiger charge is 2.71. The van der Waals surface area contributed by atoms with E-state index in [2.05, 4.69) is 0 Å². The van der Waals surface area contributed by atoms with Gasteiger partial charge in [-0.05, 0) is 23.6 Å². The molecule has 5 rings (SSSR count). The van der Waals surface area contributed by atoms with Gasteiger partial charge in [-0.2, -0.15) is 0 Å². The van der Waals surface area contributed by atoms with E-state index in [4.69, 9.17) is 4.74 Å². The Morgan fingerprint density at radius 2 is 1.68 bits per heavy atom. The number of carboxylic acids is 1.